The molecule has 112 valence electrons. The molecule has 0 saturated carbocycles. The molecule has 1 aromatic rings. The standard InChI is InChI=1S/C15H24N2O2S/c1-3-6-12-13(9-15(18)19)20-14(16-12)10-17-8-5-4-7-11(17)2/h11H,3-10H2,1-2H3,(H,18,19). The zero-order chi connectivity index (χ0) is 14.5. The Bertz CT molecular complexity index is 459. The van der Waals surface area contributed by atoms with E-state index < -0.39 is 5.97 Å². The van der Waals surface area contributed by atoms with E-state index in [0.29, 0.717) is 6.04 Å². The number of hydrogen-bond donors (Lipinski definition) is 1. The number of aliphatic carboxylic acids is 1. The van der Waals surface area contributed by atoms with Gasteiger partial charge in [0.05, 0.1) is 18.7 Å². The second-order valence-corrected chi connectivity index (χ2v) is 6.78. The van der Waals surface area contributed by atoms with Gasteiger partial charge in [-0.1, -0.05) is 19.8 Å². The summed E-state index contributed by atoms with van der Waals surface area (Å²) in [6.07, 6.45) is 5.85. The number of thiazole rings is 1. The van der Waals surface area contributed by atoms with Crippen molar-refractivity contribution < 1.29 is 9.90 Å². The number of nitrogens with zero attached hydrogens (tertiary/aromatic N) is 2. The molecule has 0 amide bonds. The molecule has 1 aliphatic heterocycles. The Hall–Kier alpha value is -0.940. The van der Waals surface area contributed by atoms with Crippen LogP contribution in [0.3, 0.4) is 0 Å². The first-order valence-corrected chi connectivity index (χ1v) is 8.35. The first-order valence-electron chi connectivity index (χ1n) is 7.53. The van der Waals surface area contributed by atoms with E-state index in [2.05, 4.69) is 18.7 Å². The normalized spacial score (nSPS) is 20.2. The Morgan fingerprint density at radius 1 is 1.50 bits per heavy atom. The first-order chi connectivity index (χ1) is 9.60. The van der Waals surface area contributed by atoms with Crippen LogP contribution >= 0.6 is 11.3 Å². The smallest absolute Gasteiger partial charge is 0.308 e. The summed E-state index contributed by atoms with van der Waals surface area (Å²) in [5.41, 5.74) is 1.000. The summed E-state index contributed by atoms with van der Waals surface area (Å²) in [5.74, 6) is -0.760. The Morgan fingerprint density at radius 3 is 2.95 bits per heavy atom. The number of hydrogen-bond acceptors (Lipinski definition) is 4. The number of carboxylic acids is 1. The summed E-state index contributed by atoms with van der Waals surface area (Å²) in [5, 5.41) is 10.1. The third-order valence-electron chi connectivity index (χ3n) is 3.90. The molecule has 2 heterocycles. The average Bonchev–Trinajstić information content (AvgIpc) is 2.74. The fraction of sp³-hybridized carbons (Fsp3) is 0.733. The largest absolute Gasteiger partial charge is 0.481 e. The maximum absolute atomic E-state index is 10.9. The third kappa shape index (κ3) is 4.03. The summed E-state index contributed by atoms with van der Waals surface area (Å²) in [6, 6.07) is 0.616. The Morgan fingerprint density at radius 2 is 2.30 bits per heavy atom. The first kappa shape index (κ1) is 15.4. The minimum absolute atomic E-state index is 0.114. The SMILES string of the molecule is CCCc1nc(CN2CCCCC2C)sc1CC(=O)O. The van der Waals surface area contributed by atoms with Gasteiger partial charge in [0.25, 0.3) is 0 Å². The zero-order valence-corrected chi connectivity index (χ0v) is 13.2. The number of rotatable bonds is 6. The molecule has 1 fully saturated rings. The van der Waals surface area contributed by atoms with Crippen LogP contribution in [0.5, 0.6) is 0 Å². The van der Waals surface area contributed by atoms with E-state index in [-0.39, 0.29) is 6.42 Å². The fourth-order valence-corrected chi connectivity index (χ4v) is 3.91. The van der Waals surface area contributed by atoms with Crippen molar-refractivity contribution >= 4 is 17.3 Å². The molecule has 0 spiro atoms. The summed E-state index contributed by atoms with van der Waals surface area (Å²) >= 11 is 1.59. The van der Waals surface area contributed by atoms with Gasteiger partial charge in [-0.25, -0.2) is 4.98 Å². The van der Waals surface area contributed by atoms with Crippen LogP contribution in [-0.4, -0.2) is 33.5 Å². The van der Waals surface area contributed by atoms with Crippen molar-refractivity contribution in [2.75, 3.05) is 6.54 Å². The highest BCUT2D eigenvalue weighted by molar-refractivity contribution is 7.11. The lowest BCUT2D eigenvalue weighted by molar-refractivity contribution is -0.136. The predicted molar refractivity (Wildman–Crippen MR) is 81.2 cm³/mol. The highest BCUT2D eigenvalue weighted by Gasteiger charge is 2.21. The number of carbonyl (C=O) groups is 1. The van der Waals surface area contributed by atoms with Gasteiger partial charge in [0, 0.05) is 10.9 Å². The predicted octanol–water partition coefficient (Wildman–Crippen LogP) is 3.10. The molecule has 2 rings (SSSR count). The van der Waals surface area contributed by atoms with Crippen LogP contribution in [0.15, 0.2) is 0 Å². The molecule has 1 aliphatic rings. The maximum Gasteiger partial charge on any atom is 0.308 e. The summed E-state index contributed by atoms with van der Waals surface area (Å²) < 4.78 is 0. The zero-order valence-electron chi connectivity index (χ0n) is 12.4. The van der Waals surface area contributed by atoms with Crippen LogP contribution in [0.2, 0.25) is 0 Å². The van der Waals surface area contributed by atoms with E-state index in [1.165, 1.54) is 19.3 Å². The molecule has 4 nitrogen and oxygen atoms in total. The summed E-state index contributed by atoms with van der Waals surface area (Å²) in [6.45, 7) is 6.40. The van der Waals surface area contributed by atoms with E-state index in [1.807, 2.05) is 0 Å². The van der Waals surface area contributed by atoms with Crippen molar-refractivity contribution in [1.29, 1.82) is 0 Å². The molecular formula is C15H24N2O2S. The molecule has 0 radical (unpaired) electrons. The highest BCUT2D eigenvalue weighted by Crippen LogP contribution is 2.25. The van der Waals surface area contributed by atoms with E-state index in [1.54, 1.807) is 11.3 Å². The number of aryl methyl sites for hydroxylation is 1. The van der Waals surface area contributed by atoms with Crippen molar-refractivity contribution in [3.63, 3.8) is 0 Å². The third-order valence-corrected chi connectivity index (χ3v) is 4.98. The van der Waals surface area contributed by atoms with Crippen molar-refractivity contribution in [2.45, 2.75) is 65.0 Å². The minimum atomic E-state index is -0.760. The number of aromatic nitrogens is 1. The Labute approximate surface area is 124 Å². The van der Waals surface area contributed by atoms with Gasteiger partial charge < -0.3 is 5.11 Å². The lowest BCUT2D eigenvalue weighted by Crippen LogP contribution is -2.36. The lowest BCUT2D eigenvalue weighted by Gasteiger charge is -2.32. The van der Waals surface area contributed by atoms with Crippen LogP contribution < -0.4 is 0 Å². The van der Waals surface area contributed by atoms with E-state index >= 15 is 0 Å². The van der Waals surface area contributed by atoms with Gasteiger partial charge in [-0.05, 0) is 32.7 Å². The van der Waals surface area contributed by atoms with Gasteiger partial charge in [-0.15, -0.1) is 11.3 Å². The van der Waals surface area contributed by atoms with Crippen molar-refractivity contribution in [3.05, 3.63) is 15.6 Å². The van der Waals surface area contributed by atoms with Crippen LogP contribution in [0.25, 0.3) is 0 Å². The number of piperidine rings is 1. The van der Waals surface area contributed by atoms with Gasteiger partial charge >= 0.3 is 5.97 Å². The number of likely N-dealkylation sites (tertiary alicyclic amines) is 1. The lowest BCUT2D eigenvalue weighted by atomic mass is 10.0. The topological polar surface area (TPSA) is 53.4 Å². The molecule has 1 aromatic heterocycles. The fourth-order valence-electron chi connectivity index (χ4n) is 2.78. The molecule has 20 heavy (non-hydrogen) atoms. The Balaban J connectivity index is 2.08. The van der Waals surface area contributed by atoms with Crippen molar-refractivity contribution in [1.82, 2.24) is 9.88 Å². The van der Waals surface area contributed by atoms with Gasteiger partial charge in [-0.3, -0.25) is 9.69 Å². The quantitative estimate of drug-likeness (QED) is 0.876. The summed E-state index contributed by atoms with van der Waals surface area (Å²) in [7, 11) is 0. The van der Waals surface area contributed by atoms with Gasteiger partial charge in [0.2, 0.25) is 0 Å². The van der Waals surface area contributed by atoms with Crippen molar-refractivity contribution in [3.8, 4) is 0 Å². The van der Waals surface area contributed by atoms with Crippen LogP contribution in [-0.2, 0) is 24.2 Å². The molecule has 1 N–H and O–H groups in total. The molecule has 1 atom stereocenters. The summed E-state index contributed by atoms with van der Waals surface area (Å²) in [4.78, 5) is 19.1. The monoisotopic (exact) mass is 296 g/mol. The molecule has 1 unspecified atom stereocenters. The van der Waals surface area contributed by atoms with Crippen LogP contribution in [0, 0.1) is 0 Å². The van der Waals surface area contributed by atoms with E-state index in [9.17, 15) is 4.79 Å². The number of carboxylic acid groups (broad SMARTS) is 1. The maximum atomic E-state index is 10.9. The second kappa shape index (κ2) is 7.18. The Kier molecular flexibility index (Phi) is 5.54. The second-order valence-electron chi connectivity index (χ2n) is 5.61. The molecule has 0 bridgehead atoms. The van der Waals surface area contributed by atoms with Gasteiger partial charge in [-0.2, -0.15) is 0 Å². The van der Waals surface area contributed by atoms with Gasteiger partial charge in [0.15, 0.2) is 0 Å². The van der Waals surface area contributed by atoms with Crippen molar-refractivity contribution in [2.24, 2.45) is 0 Å². The molecule has 1 saturated heterocycles. The van der Waals surface area contributed by atoms with Crippen LogP contribution in [0.1, 0.15) is 55.1 Å². The van der Waals surface area contributed by atoms with Crippen LogP contribution in [0.4, 0.5) is 0 Å². The molecular weight excluding hydrogens is 272 g/mol. The minimum Gasteiger partial charge on any atom is -0.481 e. The molecule has 0 aliphatic carbocycles. The average molecular weight is 296 g/mol. The molecule has 5 heteroatoms. The van der Waals surface area contributed by atoms with E-state index in [4.69, 9.17) is 10.1 Å². The molecule has 0 aromatic carbocycles. The van der Waals surface area contributed by atoms with E-state index in [0.717, 1.165) is 41.5 Å². The highest BCUT2D eigenvalue weighted by atomic mass is 32.1. The van der Waals surface area contributed by atoms with Gasteiger partial charge in [0.1, 0.15) is 5.01 Å².